The number of aryl methyl sites for hydroxylation is 1. The summed E-state index contributed by atoms with van der Waals surface area (Å²) in [5.41, 5.74) is 3.88. The Hall–Kier alpha value is -1.51. The highest BCUT2D eigenvalue weighted by molar-refractivity contribution is 6.31. The van der Waals surface area contributed by atoms with Crippen LogP contribution in [0.3, 0.4) is 0 Å². The van der Waals surface area contributed by atoms with Gasteiger partial charge in [-0.2, -0.15) is 0 Å². The van der Waals surface area contributed by atoms with Gasteiger partial charge in [0.1, 0.15) is 5.75 Å². The second kappa shape index (κ2) is 6.50. The number of hydrogen-bond donors (Lipinski definition) is 1. The molecule has 0 saturated carbocycles. The summed E-state index contributed by atoms with van der Waals surface area (Å²) in [7, 11) is 1.99. The van der Waals surface area contributed by atoms with E-state index in [1.165, 1.54) is 16.7 Å². The molecule has 3 rings (SSSR count). The first-order valence-corrected chi connectivity index (χ1v) is 7.82. The molecule has 1 unspecified atom stereocenters. The van der Waals surface area contributed by atoms with Crippen molar-refractivity contribution in [2.75, 3.05) is 13.7 Å². The molecule has 1 aliphatic heterocycles. The average molecular weight is 302 g/mol. The van der Waals surface area contributed by atoms with Crippen LogP contribution in [0.5, 0.6) is 5.75 Å². The minimum absolute atomic E-state index is 0.281. The van der Waals surface area contributed by atoms with Crippen molar-refractivity contribution < 1.29 is 4.74 Å². The Balaban J connectivity index is 1.70. The average Bonchev–Trinajstić information content (AvgIpc) is 2.97. The van der Waals surface area contributed by atoms with Gasteiger partial charge >= 0.3 is 0 Å². The van der Waals surface area contributed by atoms with Crippen LogP contribution in [0.15, 0.2) is 42.5 Å². The molecule has 3 heteroatoms. The van der Waals surface area contributed by atoms with E-state index in [9.17, 15) is 0 Å². The number of rotatable bonds is 5. The number of fused-ring (bicyclic) bond motifs is 1. The smallest absolute Gasteiger partial charge is 0.122 e. The monoisotopic (exact) mass is 301 g/mol. The molecule has 1 atom stereocenters. The fourth-order valence-corrected chi connectivity index (χ4v) is 3.19. The van der Waals surface area contributed by atoms with E-state index in [2.05, 4.69) is 29.6 Å². The van der Waals surface area contributed by atoms with Crippen LogP contribution in [-0.2, 0) is 12.8 Å². The Morgan fingerprint density at radius 3 is 2.90 bits per heavy atom. The fraction of sp³-hybridized carbons (Fsp3) is 0.333. The number of benzene rings is 2. The molecule has 0 saturated heterocycles. The predicted octanol–water partition coefficient (Wildman–Crippen LogP) is 4.17. The van der Waals surface area contributed by atoms with Gasteiger partial charge in [-0.15, -0.1) is 0 Å². The summed E-state index contributed by atoms with van der Waals surface area (Å²) in [6, 6.07) is 14.9. The van der Waals surface area contributed by atoms with Gasteiger partial charge in [-0.3, -0.25) is 0 Å². The molecule has 0 amide bonds. The molecule has 2 aromatic rings. The normalized spacial score (nSPS) is 14.6. The predicted molar refractivity (Wildman–Crippen MR) is 87.2 cm³/mol. The van der Waals surface area contributed by atoms with Gasteiger partial charge in [0.15, 0.2) is 0 Å². The fourth-order valence-electron chi connectivity index (χ4n) is 2.92. The minimum Gasteiger partial charge on any atom is -0.493 e. The Bertz CT molecular complexity index is 626. The molecular formula is C18H20ClNO. The van der Waals surface area contributed by atoms with Crippen LogP contribution in [0.2, 0.25) is 5.02 Å². The summed E-state index contributed by atoms with van der Waals surface area (Å²) in [6.45, 7) is 0.817. The highest BCUT2D eigenvalue weighted by Gasteiger charge is 2.15. The van der Waals surface area contributed by atoms with Crippen LogP contribution in [0, 0.1) is 0 Å². The maximum absolute atomic E-state index is 6.30. The Morgan fingerprint density at radius 2 is 2.10 bits per heavy atom. The largest absolute Gasteiger partial charge is 0.493 e. The molecule has 0 aliphatic carbocycles. The number of hydrogen-bond acceptors (Lipinski definition) is 2. The molecule has 0 spiro atoms. The summed E-state index contributed by atoms with van der Waals surface area (Å²) in [4.78, 5) is 0. The van der Waals surface area contributed by atoms with Crippen molar-refractivity contribution in [3.8, 4) is 5.75 Å². The number of ether oxygens (including phenoxy) is 1. The Labute approximate surface area is 131 Å². The summed E-state index contributed by atoms with van der Waals surface area (Å²) in [5.74, 6) is 1.05. The molecule has 1 aliphatic rings. The van der Waals surface area contributed by atoms with Gasteiger partial charge in [0.05, 0.1) is 6.61 Å². The van der Waals surface area contributed by atoms with Crippen LogP contribution in [-0.4, -0.2) is 13.7 Å². The first-order chi connectivity index (χ1) is 10.3. The van der Waals surface area contributed by atoms with Gasteiger partial charge in [-0.1, -0.05) is 41.9 Å². The van der Waals surface area contributed by atoms with Crippen molar-refractivity contribution in [3.05, 3.63) is 64.2 Å². The Kier molecular flexibility index (Phi) is 4.47. The molecule has 21 heavy (non-hydrogen) atoms. The van der Waals surface area contributed by atoms with Crippen molar-refractivity contribution in [2.24, 2.45) is 0 Å². The maximum Gasteiger partial charge on any atom is 0.122 e. The van der Waals surface area contributed by atoms with E-state index < -0.39 is 0 Å². The van der Waals surface area contributed by atoms with Crippen molar-refractivity contribution in [3.63, 3.8) is 0 Å². The van der Waals surface area contributed by atoms with E-state index >= 15 is 0 Å². The highest BCUT2D eigenvalue weighted by Crippen LogP contribution is 2.29. The topological polar surface area (TPSA) is 21.3 Å². The van der Waals surface area contributed by atoms with Crippen LogP contribution in [0.25, 0.3) is 0 Å². The van der Waals surface area contributed by atoms with Crippen molar-refractivity contribution in [2.45, 2.75) is 25.3 Å². The lowest BCUT2D eigenvalue weighted by Gasteiger charge is -2.18. The maximum atomic E-state index is 6.30. The third kappa shape index (κ3) is 3.22. The quantitative estimate of drug-likeness (QED) is 0.895. The lowest BCUT2D eigenvalue weighted by atomic mass is 9.98. The zero-order chi connectivity index (χ0) is 14.7. The van der Waals surface area contributed by atoms with Gasteiger partial charge in [-0.25, -0.2) is 0 Å². The van der Waals surface area contributed by atoms with E-state index in [4.69, 9.17) is 16.3 Å². The highest BCUT2D eigenvalue weighted by atomic mass is 35.5. The van der Waals surface area contributed by atoms with Gasteiger partial charge in [0, 0.05) is 17.5 Å². The molecule has 0 bridgehead atoms. The second-order valence-corrected chi connectivity index (χ2v) is 5.85. The summed E-state index contributed by atoms with van der Waals surface area (Å²) >= 11 is 6.30. The number of nitrogens with one attached hydrogen (secondary N) is 1. The molecule has 1 N–H and O–H groups in total. The molecule has 2 aromatic carbocycles. The van der Waals surface area contributed by atoms with Crippen molar-refractivity contribution >= 4 is 11.6 Å². The second-order valence-electron chi connectivity index (χ2n) is 5.44. The molecule has 0 fully saturated rings. The van der Waals surface area contributed by atoms with Crippen LogP contribution in [0.4, 0.5) is 0 Å². The lowest BCUT2D eigenvalue weighted by Crippen LogP contribution is -2.17. The van der Waals surface area contributed by atoms with E-state index in [0.29, 0.717) is 0 Å². The molecular weight excluding hydrogens is 282 g/mol. The number of halogens is 1. The summed E-state index contributed by atoms with van der Waals surface area (Å²) in [5, 5.41) is 4.21. The molecule has 0 radical (unpaired) electrons. The minimum atomic E-state index is 0.281. The third-order valence-electron chi connectivity index (χ3n) is 4.10. The summed E-state index contributed by atoms with van der Waals surface area (Å²) in [6.07, 6.45) is 3.09. The summed E-state index contributed by atoms with van der Waals surface area (Å²) < 4.78 is 5.56. The van der Waals surface area contributed by atoms with Gasteiger partial charge < -0.3 is 10.1 Å². The zero-order valence-electron chi connectivity index (χ0n) is 12.2. The third-order valence-corrected chi connectivity index (χ3v) is 4.45. The van der Waals surface area contributed by atoms with E-state index in [1.807, 2.05) is 25.2 Å². The van der Waals surface area contributed by atoms with Crippen molar-refractivity contribution in [1.82, 2.24) is 5.32 Å². The van der Waals surface area contributed by atoms with Crippen molar-refractivity contribution in [1.29, 1.82) is 0 Å². The Morgan fingerprint density at radius 1 is 1.24 bits per heavy atom. The lowest BCUT2D eigenvalue weighted by molar-refractivity contribution is 0.357. The zero-order valence-corrected chi connectivity index (χ0v) is 13.0. The molecule has 1 heterocycles. The first-order valence-electron chi connectivity index (χ1n) is 7.44. The van der Waals surface area contributed by atoms with Gasteiger partial charge in [0.2, 0.25) is 0 Å². The van der Waals surface area contributed by atoms with E-state index in [-0.39, 0.29) is 6.04 Å². The van der Waals surface area contributed by atoms with Gasteiger partial charge in [0.25, 0.3) is 0 Å². The molecule has 0 aromatic heterocycles. The molecule has 2 nitrogen and oxygen atoms in total. The SMILES string of the molecule is CNC(CCc1ccc2c(c1)CCO2)c1ccccc1Cl. The van der Waals surface area contributed by atoms with Crippen LogP contribution >= 0.6 is 11.6 Å². The molecule has 110 valence electrons. The van der Waals surface area contributed by atoms with Crippen LogP contribution in [0.1, 0.15) is 29.2 Å². The van der Waals surface area contributed by atoms with Crippen LogP contribution < -0.4 is 10.1 Å². The van der Waals surface area contributed by atoms with E-state index in [0.717, 1.165) is 36.6 Å². The standard InChI is InChI=1S/C18H20ClNO/c1-20-17(15-4-2-3-5-16(15)19)8-6-13-7-9-18-14(12-13)10-11-21-18/h2-5,7,9,12,17,20H,6,8,10-11H2,1H3. The van der Waals surface area contributed by atoms with Gasteiger partial charge in [-0.05, 0) is 48.7 Å². The van der Waals surface area contributed by atoms with E-state index in [1.54, 1.807) is 0 Å². The first kappa shape index (κ1) is 14.4.